The number of hydrogen-bond acceptors (Lipinski definition) is 1. The third-order valence-corrected chi connectivity index (χ3v) is 8.44. The molecule has 0 spiro atoms. The van der Waals surface area contributed by atoms with E-state index in [9.17, 15) is 22.0 Å². The Morgan fingerprint density at radius 3 is 1.06 bits per heavy atom. The van der Waals surface area contributed by atoms with E-state index in [1.54, 1.807) is 36.4 Å². The number of anilines is 3. The van der Waals surface area contributed by atoms with E-state index in [0.717, 1.165) is 16.0 Å². The SMILES string of the molecule is Fc1c(F)c(F)c(-c2c(F)c(F)c(N3c4ccccc4C(c4ccccc4)(c4ccccc4)c4ccccc43)c(F)c2F)c(F)c1F. The number of para-hydroxylation sites is 2. The molecule has 0 fully saturated rings. The fraction of sp³-hybridized carbons (Fsp3) is 0.0270. The zero-order chi connectivity index (χ0) is 33.2. The molecule has 234 valence electrons. The van der Waals surface area contributed by atoms with Gasteiger partial charge in [0.05, 0.1) is 27.9 Å². The molecule has 7 rings (SSSR count). The van der Waals surface area contributed by atoms with Crippen LogP contribution in [0.1, 0.15) is 22.3 Å². The van der Waals surface area contributed by atoms with Gasteiger partial charge in [-0.25, -0.2) is 39.5 Å². The highest BCUT2D eigenvalue weighted by molar-refractivity contribution is 5.90. The molecule has 6 aromatic rings. The molecule has 1 nitrogen and oxygen atoms in total. The zero-order valence-corrected chi connectivity index (χ0v) is 23.7. The molecule has 0 amide bonds. The van der Waals surface area contributed by atoms with Crippen molar-refractivity contribution in [2.45, 2.75) is 5.41 Å². The first-order valence-electron chi connectivity index (χ1n) is 14.1. The second kappa shape index (κ2) is 11.1. The van der Waals surface area contributed by atoms with Gasteiger partial charge in [-0.1, -0.05) is 97.1 Å². The summed E-state index contributed by atoms with van der Waals surface area (Å²) in [5.74, 6) is -22.0. The first kappa shape index (κ1) is 30.2. The molecular formula is C37H18F9N. The van der Waals surface area contributed by atoms with Crippen LogP contribution in [0.5, 0.6) is 0 Å². The van der Waals surface area contributed by atoms with Crippen molar-refractivity contribution in [1.29, 1.82) is 0 Å². The largest absolute Gasteiger partial charge is 0.304 e. The fourth-order valence-corrected chi connectivity index (χ4v) is 6.51. The van der Waals surface area contributed by atoms with Gasteiger partial charge < -0.3 is 4.90 Å². The minimum atomic E-state index is -2.63. The predicted molar refractivity (Wildman–Crippen MR) is 158 cm³/mol. The molecule has 0 saturated carbocycles. The monoisotopic (exact) mass is 647 g/mol. The average Bonchev–Trinajstić information content (AvgIpc) is 3.11. The van der Waals surface area contributed by atoms with Crippen molar-refractivity contribution in [2.24, 2.45) is 0 Å². The van der Waals surface area contributed by atoms with Gasteiger partial charge >= 0.3 is 0 Å². The minimum absolute atomic E-state index is 0.0967. The van der Waals surface area contributed by atoms with Gasteiger partial charge in [0, 0.05) is 0 Å². The van der Waals surface area contributed by atoms with Crippen molar-refractivity contribution in [3.8, 4) is 11.1 Å². The lowest BCUT2D eigenvalue weighted by Crippen LogP contribution is -2.38. The van der Waals surface area contributed by atoms with Crippen molar-refractivity contribution >= 4 is 17.1 Å². The maximum atomic E-state index is 16.2. The molecule has 0 aromatic heterocycles. The fourth-order valence-electron chi connectivity index (χ4n) is 6.51. The van der Waals surface area contributed by atoms with Gasteiger partial charge in [-0.3, -0.25) is 0 Å². The zero-order valence-electron chi connectivity index (χ0n) is 23.7. The van der Waals surface area contributed by atoms with Crippen LogP contribution in [0, 0.1) is 52.4 Å². The topological polar surface area (TPSA) is 3.24 Å². The van der Waals surface area contributed by atoms with Crippen LogP contribution < -0.4 is 4.90 Å². The molecule has 1 aliphatic rings. The lowest BCUT2D eigenvalue weighted by atomic mass is 9.62. The Bertz CT molecular complexity index is 2050. The third kappa shape index (κ3) is 4.13. The molecule has 0 bridgehead atoms. The van der Waals surface area contributed by atoms with Gasteiger partial charge in [0.2, 0.25) is 5.82 Å². The van der Waals surface area contributed by atoms with Gasteiger partial charge in [-0.2, -0.15) is 0 Å². The predicted octanol–water partition coefficient (Wildman–Crippen LogP) is 10.8. The summed E-state index contributed by atoms with van der Waals surface area (Å²) in [7, 11) is 0. The van der Waals surface area contributed by atoms with Gasteiger partial charge in [0.15, 0.2) is 46.5 Å². The second-order valence-electron chi connectivity index (χ2n) is 10.8. The van der Waals surface area contributed by atoms with E-state index >= 15 is 17.6 Å². The van der Waals surface area contributed by atoms with Crippen LogP contribution in [0.3, 0.4) is 0 Å². The van der Waals surface area contributed by atoms with Crippen LogP contribution in [0.25, 0.3) is 11.1 Å². The Hall–Kier alpha value is -5.51. The van der Waals surface area contributed by atoms with Crippen LogP contribution in [0.4, 0.5) is 56.6 Å². The summed E-state index contributed by atoms with van der Waals surface area (Å²) in [6.07, 6.45) is 0. The summed E-state index contributed by atoms with van der Waals surface area (Å²) < 4.78 is 135. The van der Waals surface area contributed by atoms with E-state index in [-0.39, 0.29) is 11.4 Å². The highest BCUT2D eigenvalue weighted by Gasteiger charge is 2.48. The summed E-state index contributed by atoms with van der Waals surface area (Å²) in [4.78, 5) is 0.938. The van der Waals surface area contributed by atoms with E-state index in [4.69, 9.17) is 0 Å². The van der Waals surface area contributed by atoms with Crippen molar-refractivity contribution in [1.82, 2.24) is 0 Å². The maximum absolute atomic E-state index is 16.2. The number of hydrogen-bond donors (Lipinski definition) is 0. The van der Waals surface area contributed by atoms with Crippen molar-refractivity contribution < 1.29 is 39.5 Å². The molecular weight excluding hydrogens is 629 g/mol. The van der Waals surface area contributed by atoms with Crippen LogP contribution in [0.15, 0.2) is 109 Å². The number of rotatable bonds is 4. The average molecular weight is 648 g/mol. The molecule has 0 aliphatic carbocycles. The molecule has 10 heteroatoms. The van der Waals surface area contributed by atoms with Crippen LogP contribution in [-0.4, -0.2) is 0 Å². The summed E-state index contributed by atoms with van der Waals surface area (Å²) in [5.41, 5.74) is -4.03. The highest BCUT2D eigenvalue weighted by atomic mass is 19.2. The third-order valence-electron chi connectivity index (χ3n) is 8.44. The molecule has 1 heterocycles. The Balaban J connectivity index is 1.57. The van der Waals surface area contributed by atoms with E-state index in [0.29, 0.717) is 11.1 Å². The van der Waals surface area contributed by atoms with Gasteiger partial charge in [0.1, 0.15) is 5.69 Å². The molecule has 0 unspecified atom stereocenters. The Morgan fingerprint density at radius 1 is 0.340 bits per heavy atom. The van der Waals surface area contributed by atoms with E-state index in [1.165, 1.54) is 12.1 Å². The van der Waals surface area contributed by atoms with Crippen molar-refractivity contribution in [3.05, 3.63) is 184 Å². The van der Waals surface area contributed by atoms with Gasteiger partial charge in [-0.15, -0.1) is 0 Å². The maximum Gasteiger partial charge on any atom is 0.200 e. The smallest absolute Gasteiger partial charge is 0.200 e. The number of halogens is 9. The van der Waals surface area contributed by atoms with Crippen LogP contribution in [-0.2, 0) is 5.41 Å². The van der Waals surface area contributed by atoms with E-state index < -0.39 is 74.6 Å². The van der Waals surface area contributed by atoms with Crippen molar-refractivity contribution in [3.63, 3.8) is 0 Å². The molecule has 6 aromatic carbocycles. The van der Waals surface area contributed by atoms with Gasteiger partial charge in [0.25, 0.3) is 0 Å². The second-order valence-corrected chi connectivity index (χ2v) is 10.8. The van der Waals surface area contributed by atoms with E-state index in [1.807, 2.05) is 60.7 Å². The van der Waals surface area contributed by atoms with Crippen LogP contribution in [0.2, 0.25) is 0 Å². The van der Waals surface area contributed by atoms with Crippen LogP contribution >= 0.6 is 0 Å². The summed E-state index contributed by atoms with van der Waals surface area (Å²) >= 11 is 0. The first-order chi connectivity index (χ1) is 22.6. The molecule has 0 saturated heterocycles. The number of benzene rings is 6. The molecule has 1 aliphatic heterocycles. The normalized spacial score (nSPS) is 13.3. The minimum Gasteiger partial charge on any atom is -0.304 e. The summed E-state index contributed by atoms with van der Waals surface area (Å²) in [5, 5.41) is 0. The Kier molecular flexibility index (Phi) is 7.11. The summed E-state index contributed by atoms with van der Waals surface area (Å²) in [6, 6.07) is 31.2. The van der Waals surface area contributed by atoms with Crippen molar-refractivity contribution in [2.75, 3.05) is 4.90 Å². The molecule has 47 heavy (non-hydrogen) atoms. The number of fused-ring (bicyclic) bond motifs is 2. The standard InChI is InChI=1S/C37H18F9N/c38-27-25(28(39)32(43)33(44)31(27)42)26-29(40)34(45)36(35(46)30(26)41)47-23-17-9-7-15-21(23)37(19-11-3-1-4-12-19,20-13-5-2-6-14-20)22-16-8-10-18-24(22)47/h1-18H. The quantitative estimate of drug-likeness (QED) is 0.104. The highest BCUT2D eigenvalue weighted by Crippen LogP contribution is 2.58. The molecule has 0 N–H and O–H groups in total. The Labute approximate surface area is 261 Å². The Morgan fingerprint density at radius 2 is 0.660 bits per heavy atom. The molecule has 0 atom stereocenters. The summed E-state index contributed by atoms with van der Waals surface area (Å²) in [6.45, 7) is 0. The van der Waals surface area contributed by atoms with E-state index in [2.05, 4.69) is 0 Å². The van der Waals surface area contributed by atoms with Gasteiger partial charge in [-0.05, 0) is 34.4 Å². The lowest BCUT2D eigenvalue weighted by Gasteiger charge is -2.46. The number of nitrogens with zero attached hydrogens (tertiary/aromatic N) is 1. The lowest BCUT2D eigenvalue weighted by molar-refractivity contribution is 0.379. The molecule has 0 radical (unpaired) electrons. The first-order valence-corrected chi connectivity index (χ1v) is 14.1.